The number of tetrazole rings is 1. The van der Waals surface area contributed by atoms with Gasteiger partial charge in [0.05, 0.1) is 11.1 Å². The second-order valence-corrected chi connectivity index (χ2v) is 5.15. The number of nitro groups is 1. The van der Waals surface area contributed by atoms with Crippen LogP contribution in [0.25, 0.3) is 11.4 Å². The van der Waals surface area contributed by atoms with E-state index in [2.05, 4.69) is 25.9 Å². The van der Waals surface area contributed by atoms with Crippen LogP contribution in [0.4, 0.5) is 5.69 Å². The van der Waals surface area contributed by atoms with Gasteiger partial charge in [-0.05, 0) is 5.21 Å². The van der Waals surface area contributed by atoms with E-state index in [1.165, 1.54) is 24.4 Å². The first-order valence-corrected chi connectivity index (χ1v) is 7.51. The Bertz CT molecular complexity index is 953. The van der Waals surface area contributed by atoms with Crippen molar-refractivity contribution in [1.29, 1.82) is 0 Å². The average molecular weight is 351 g/mol. The third-order valence-electron chi connectivity index (χ3n) is 3.25. The molecule has 0 atom stereocenters. The molecule has 1 aromatic heterocycles. The van der Waals surface area contributed by atoms with Gasteiger partial charge in [0.25, 0.3) is 11.6 Å². The van der Waals surface area contributed by atoms with Crippen molar-refractivity contribution in [3.8, 4) is 11.4 Å². The van der Waals surface area contributed by atoms with Crippen LogP contribution in [0.5, 0.6) is 0 Å². The number of rotatable bonds is 6. The molecular weight excluding hydrogens is 338 g/mol. The van der Waals surface area contributed by atoms with Crippen LogP contribution in [0.3, 0.4) is 0 Å². The molecule has 130 valence electrons. The highest BCUT2D eigenvalue weighted by atomic mass is 16.6. The largest absolute Gasteiger partial charge is 0.271 e. The SMILES string of the molecule is O=C(Cn1nnc(-c2ccccc2)n1)N/N=C/c1cccc([N+](=O)[O-])c1. The molecule has 3 aromatic rings. The fraction of sp³-hybridized carbons (Fsp3) is 0.0625. The summed E-state index contributed by atoms with van der Waals surface area (Å²) in [7, 11) is 0. The molecule has 0 bridgehead atoms. The first-order chi connectivity index (χ1) is 12.6. The summed E-state index contributed by atoms with van der Waals surface area (Å²) in [6.07, 6.45) is 1.31. The van der Waals surface area contributed by atoms with E-state index in [1.54, 1.807) is 6.07 Å². The fourth-order valence-corrected chi connectivity index (χ4v) is 2.07. The number of carbonyl (C=O) groups excluding carboxylic acids is 1. The molecule has 0 unspecified atom stereocenters. The van der Waals surface area contributed by atoms with Crippen LogP contribution in [0.1, 0.15) is 5.56 Å². The summed E-state index contributed by atoms with van der Waals surface area (Å²) in [5, 5.41) is 26.3. The number of hydrogen-bond acceptors (Lipinski definition) is 7. The third kappa shape index (κ3) is 4.32. The van der Waals surface area contributed by atoms with Crippen molar-refractivity contribution in [3.05, 3.63) is 70.3 Å². The van der Waals surface area contributed by atoms with Crippen LogP contribution in [-0.4, -0.2) is 37.3 Å². The predicted octanol–water partition coefficient (Wildman–Crippen LogP) is 1.40. The van der Waals surface area contributed by atoms with Gasteiger partial charge in [-0.3, -0.25) is 14.9 Å². The van der Waals surface area contributed by atoms with Crippen LogP contribution in [-0.2, 0) is 11.3 Å². The molecule has 0 aliphatic heterocycles. The van der Waals surface area contributed by atoms with Crippen LogP contribution in [0, 0.1) is 10.1 Å². The number of nitro benzene ring substituents is 1. The predicted molar refractivity (Wildman–Crippen MR) is 92.1 cm³/mol. The van der Waals surface area contributed by atoms with E-state index in [1.807, 2.05) is 30.3 Å². The van der Waals surface area contributed by atoms with Crippen molar-refractivity contribution >= 4 is 17.8 Å². The van der Waals surface area contributed by atoms with Gasteiger partial charge >= 0.3 is 0 Å². The number of hydrogen-bond donors (Lipinski definition) is 1. The fourth-order valence-electron chi connectivity index (χ4n) is 2.07. The van der Waals surface area contributed by atoms with Gasteiger partial charge in [-0.25, -0.2) is 5.43 Å². The van der Waals surface area contributed by atoms with E-state index < -0.39 is 10.8 Å². The monoisotopic (exact) mass is 351 g/mol. The first kappa shape index (κ1) is 16.9. The summed E-state index contributed by atoms with van der Waals surface area (Å²) in [5.74, 6) is -0.0396. The van der Waals surface area contributed by atoms with Crippen molar-refractivity contribution in [2.45, 2.75) is 6.54 Å². The van der Waals surface area contributed by atoms with Crippen molar-refractivity contribution in [3.63, 3.8) is 0 Å². The number of nitrogens with zero attached hydrogens (tertiary/aromatic N) is 6. The summed E-state index contributed by atoms with van der Waals surface area (Å²) in [4.78, 5) is 23.2. The van der Waals surface area contributed by atoms with Gasteiger partial charge in [-0.2, -0.15) is 9.90 Å². The lowest BCUT2D eigenvalue weighted by atomic mass is 10.2. The lowest BCUT2D eigenvalue weighted by Crippen LogP contribution is -2.24. The Hall–Kier alpha value is -3.95. The van der Waals surface area contributed by atoms with Gasteiger partial charge in [0.1, 0.15) is 6.54 Å². The van der Waals surface area contributed by atoms with Crippen LogP contribution in [0.15, 0.2) is 59.7 Å². The zero-order chi connectivity index (χ0) is 18.4. The highest BCUT2D eigenvalue weighted by molar-refractivity contribution is 5.83. The standard InChI is InChI=1S/C16H13N7O3/c24-15(18-17-10-12-5-4-8-14(9-12)23(25)26)11-22-20-16(19-21-22)13-6-2-1-3-7-13/h1-10H,11H2,(H,18,24)/b17-10+. The Morgan fingerprint density at radius 1 is 1.23 bits per heavy atom. The molecule has 26 heavy (non-hydrogen) atoms. The van der Waals surface area contributed by atoms with Crippen LogP contribution in [0.2, 0.25) is 0 Å². The molecule has 1 N–H and O–H groups in total. The summed E-state index contributed by atoms with van der Waals surface area (Å²) >= 11 is 0. The summed E-state index contributed by atoms with van der Waals surface area (Å²) in [5.41, 5.74) is 3.54. The maximum absolute atomic E-state index is 11.9. The number of nitrogens with one attached hydrogen (secondary N) is 1. The molecule has 0 saturated carbocycles. The summed E-state index contributed by atoms with van der Waals surface area (Å²) in [6.45, 7) is -0.161. The molecule has 1 amide bonds. The zero-order valence-corrected chi connectivity index (χ0v) is 13.4. The van der Waals surface area contributed by atoms with Crippen LogP contribution >= 0.6 is 0 Å². The van der Waals surface area contributed by atoms with Gasteiger partial charge in [0.15, 0.2) is 0 Å². The zero-order valence-electron chi connectivity index (χ0n) is 13.4. The lowest BCUT2D eigenvalue weighted by Gasteiger charge is -1.98. The molecule has 10 heteroatoms. The smallest absolute Gasteiger partial charge is 0.270 e. The lowest BCUT2D eigenvalue weighted by molar-refractivity contribution is -0.384. The van der Waals surface area contributed by atoms with E-state index in [0.717, 1.165) is 10.4 Å². The summed E-state index contributed by atoms with van der Waals surface area (Å²) in [6, 6.07) is 15.1. The molecule has 0 fully saturated rings. The minimum Gasteiger partial charge on any atom is -0.271 e. The highest BCUT2D eigenvalue weighted by Gasteiger charge is 2.08. The maximum atomic E-state index is 11.9. The molecule has 0 radical (unpaired) electrons. The minimum atomic E-state index is -0.503. The Morgan fingerprint density at radius 3 is 2.81 bits per heavy atom. The van der Waals surface area contributed by atoms with Crippen LogP contribution < -0.4 is 5.43 Å². The van der Waals surface area contributed by atoms with Gasteiger partial charge in [0.2, 0.25) is 5.82 Å². The molecule has 0 aliphatic carbocycles. The molecular formula is C16H13N7O3. The number of aromatic nitrogens is 4. The number of non-ortho nitro benzene ring substituents is 1. The Kier molecular flexibility index (Phi) is 5.03. The molecule has 3 rings (SSSR count). The van der Waals surface area contributed by atoms with Gasteiger partial charge in [-0.15, -0.1) is 10.2 Å². The minimum absolute atomic E-state index is 0.0551. The summed E-state index contributed by atoms with van der Waals surface area (Å²) < 4.78 is 0. The maximum Gasteiger partial charge on any atom is 0.270 e. The molecule has 2 aromatic carbocycles. The van der Waals surface area contributed by atoms with E-state index >= 15 is 0 Å². The van der Waals surface area contributed by atoms with E-state index in [-0.39, 0.29) is 12.2 Å². The Labute approximate surface area is 147 Å². The van der Waals surface area contributed by atoms with E-state index in [9.17, 15) is 14.9 Å². The topological polar surface area (TPSA) is 128 Å². The van der Waals surface area contributed by atoms with Gasteiger partial charge < -0.3 is 0 Å². The molecule has 0 saturated heterocycles. The Balaban J connectivity index is 1.57. The first-order valence-electron chi connectivity index (χ1n) is 7.51. The van der Waals surface area contributed by atoms with Crippen molar-refractivity contribution < 1.29 is 9.72 Å². The number of amides is 1. The number of benzene rings is 2. The highest BCUT2D eigenvalue weighted by Crippen LogP contribution is 2.12. The molecule has 0 spiro atoms. The second kappa shape index (κ2) is 7.75. The second-order valence-electron chi connectivity index (χ2n) is 5.15. The average Bonchev–Trinajstić information content (AvgIpc) is 3.11. The Morgan fingerprint density at radius 2 is 2.04 bits per heavy atom. The quantitative estimate of drug-likeness (QED) is 0.406. The van der Waals surface area contributed by atoms with Crippen molar-refractivity contribution in [2.75, 3.05) is 0 Å². The van der Waals surface area contributed by atoms with Crippen molar-refractivity contribution in [1.82, 2.24) is 25.6 Å². The number of hydrazone groups is 1. The van der Waals surface area contributed by atoms with E-state index in [4.69, 9.17) is 0 Å². The number of carbonyl (C=O) groups is 1. The molecule has 0 aliphatic rings. The molecule has 1 heterocycles. The van der Waals surface area contributed by atoms with Gasteiger partial charge in [-0.1, -0.05) is 42.5 Å². The van der Waals surface area contributed by atoms with Gasteiger partial charge in [0, 0.05) is 23.3 Å². The molecule has 10 nitrogen and oxygen atoms in total. The van der Waals surface area contributed by atoms with E-state index in [0.29, 0.717) is 11.4 Å². The normalized spacial score (nSPS) is 10.8. The third-order valence-corrected chi connectivity index (χ3v) is 3.25. The van der Waals surface area contributed by atoms with Crippen molar-refractivity contribution in [2.24, 2.45) is 5.10 Å².